The molecular weight excluding hydrogens is 370 g/mol. The molecule has 4 amide bonds. The molecule has 1 saturated heterocycles. The molecule has 0 aromatic heterocycles. The number of amides is 4. The molecule has 0 spiro atoms. The van der Waals surface area contributed by atoms with Crippen LogP contribution in [0.25, 0.3) is 6.08 Å². The average Bonchev–Trinajstić information content (AvgIpc) is 2.73. The lowest BCUT2D eigenvalue weighted by molar-refractivity contribution is -0.122. The van der Waals surface area contributed by atoms with Crippen LogP contribution < -0.4 is 19.9 Å². The van der Waals surface area contributed by atoms with Crippen LogP contribution in [-0.2, 0) is 9.59 Å². The Morgan fingerprint density at radius 3 is 2.34 bits per heavy atom. The molecule has 0 atom stereocenters. The van der Waals surface area contributed by atoms with E-state index in [-0.39, 0.29) is 5.57 Å². The number of nitrogens with one attached hydrogen (secondary N) is 1. The van der Waals surface area contributed by atoms with E-state index in [1.165, 1.54) is 13.2 Å². The first-order valence-electron chi connectivity index (χ1n) is 9.39. The highest BCUT2D eigenvalue weighted by Gasteiger charge is 2.36. The van der Waals surface area contributed by atoms with Gasteiger partial charge in [-0.15, -0.1) is 0 Å². The van der Waals surface area contributed by atoms with Gasteiger partial charge >= 0.3 is 6.03 Å². The number of nitrogens with zero attached hydrogens (tertiary/aromatic N) is 2. The summed E-state index contributed by atoms with van der Waals surface area (Å²) in [5.74, 6) is -0.882. The number of benzene rings is 2. The Bertz CT molecular complexity index is 965. The van der Waals surface area contributed by atoms with Gasteiger partial charge in [0.05, 0.1) is 12.8 Å². The van der Waals surface area contributed by atoms with E-state index >= 15 is 0 Å². The van der Waals surface area contributed by atoms with E-state index in [9.17, 15) is 14.4 Å². The fraction of sp³-hybridized carbons (Fsp3) is 0.227. The van der Waals surface area contributed by atoms with Crippen LogP contribution in [0.1, 0.15) is 19.4 Å². The van der Waals surface area contributed by atoms with Gasteiger partial charge in [0.15, 0.2) is 0 Å². The summed E-state index contributed by atoms with van der Waals surface area (Å²) >= 11 is 0. The highest BCUT2D eigenvalue weighted by molar-refractivity contribution is 6.39. The number of rotatable bonds is 6. The SMILES string of the molecule is CCN(CC)c1ccc(/C=C2\C(=O)NC(=O)N(c3ccccc3)C2=O)c(OC)c1. The van der Waals surface area contributed by atoms with E-state index in [2.05, 4.69) is 24.1 Å². The molecule has 0 unspecified atom stereocenters. The van der Waals surface area contributed by atoms with Gasteiger partial charge in [-0.2, -0.15) is 0 Å². The van der Waals surface area contributed by atoms with Crippen LogP contribution in [0.5, 0.6) is 5.75 Å². The largest absolute Gasteiger partial charge is 0.496 e. The lowest BCUT2D eigenvalue weighted by atomic mass is 10.1. The maximum absolute atomic E-state index is 12.9. The van der Waals surface area contributed by atoms with Crippen molar-refractivity contribution in [3.05, 3.63) is 59.7 Å². The lowest BCUT2D eigenvalue weighted by Gasteiger charge is -2.26. The van der Waals surface area contributed by atoms with Crippen LogP contribution in [0.2, 0.25) is 0 Å². The molecule has 7 heteroatoms. The molecule has 0 aliphatic carbocycles. The number of barbiturate groups is 1. The van der Waals surface area contributed by atoms with Crippen LogP contribution in [0.15, 0.2) is 54.1 Å². The molecule has 0 saturated carbocycles. The summed E-state index contributed by atoms with van der Waals surface area (Å²) < 4.78 is 5.47. The number of urea groups is 1. The lowest BCUT2D eigenvalue weighted by Crippen LogP contribution is -2.54. The summed E-state index contributed by atoms with van der Waals surface area (Å²) in [6, 6.07) is 13.3. The summed E-state index contributed by atoms with van der Waals surface area (Å²) in [6.07, 6.45) is 1.45. The van der Waals surface area contributed by atoms with Crippen molar-refractivity contribution in [2.45, 2.75) is 13.8 Å². The normalized spacial score (nSPS) is 15.5. The molecule has 2 aromatic carbocycles. The molecule has 3 rings (SSSR count). The molecule has 29 heavy (non-hydrogen) atoms. The third-order valence-corrected chi connectivity index (χ3v) is 4.76. The summed E-state index contributed by atoms with van der Waals surface area (Å²) in [5, 5.41) is 2.22. The Morgan fingerprint density at radius 2 is 1.72 bits per heavy atom. The van der Waals surface area contributed by atoms with Crippen LogP contribution in [-0.4, -0.2) is 38.0 Å². The van der Waals surface area contributed by atoms with E-state index in [4.69, 9.17) is 4.74 Å². The average molecular weight is 393 g/mol. The summed E-state index contributed by atoms with van der Waals surface area (Å²) in [6.45, 7) is 5.81. The highest BCUT2D eigenvalue weighted by atomic mass is 16.5. The molecule has 1 heterocycles. The van der Waals surface area contributed by atoms with Crippen LogP contribution in [0.3, 0.4) is 0 Å². The molecule has 150 valence electrons. The topological polar surface area (TPSA) is 79.0 Å². The number of ether oxygens (including phenoxy) is 1. The third-order valence-electron chi connectivity index (χ3n) is 4.76. The van der Waals surface area contributed by atoms with Crippen molar-refractivity contribution in [3.63, 3.8) is 0 Å². The molecule has 0 radical (unpaired) electrons. The number of methoxy groups -OCH3 is 1. The van der Waals surface area contributed by atoms with Crippen LogP contribution in [0, 0.1) is 0 Å². The standard InChI is InChI=1S/C22H23N3O4/c1-4-24(5-2)17-12-11-15(19(14-17)29-3)13-18-20(26)23-22(28)25(21(18)27)16-9-7-6-8-10-16/h6-14H,4-5H2,1-3H3,(H,23,26,28)/b18-13+. The van der Waals surface area contributed by atoms with Gasteiger partial charge in [0.2, 0.25) is 0 Å². The predicted octanol–water partition coefficient (Wildman–Crippen LogP) is 3.21. The maximum atomic E-state index is 12.9. The third kappa shape index (κ3) is 3.99. The summed E-state index contributed by atoms with van der Waals surface area (Å²) in [4.78, 5) is 40.7. The van der Waals surface area contributed by atoms with Gasteiger partial charge < -0.3 is 9.64 Å². The first-order chi connectivity index (χ1) is 14.0. The second-order valence-corrected chi connectivity index (χ2v) is 6.39. The molecule has 7 nitrogen and oxygen atoms in total. The van der Waals surface area contributed by atoms with E-state index in [0.717, 1.165) is 23.7 Å². The molecule has 1 fully saturated rings. The second-order valence-electron chi connectivity index (χ2n) is 6.39. The molecule has 1 aliphatic rings. The summed E-state index contributed by atoms with van der Waals surface area (Å²) in [7, 11) is 1.53. The maximum Gasteiger partial charge on any atom is 0.335 e. The van der Waals surface area contributed by atoms with Crippen molar-refractivity contribution in [1.29, 1.82) is 0 Å². The number of imide groups is 2. The Hall–Kier alpha value is -3.61. The number of anilines is 2. The van der Waals surface area contributed by atoms with E-state index in [1.807, 2.05) is 12.1 Å². The van der Waals surface area contributed by atoms with Crippen molar-refractivity contribution < 1.29 is 19.1 Å². The zero-order valence-electron chi connectivity index (χ0n) is 16.6. The first kappa shape index (κ1) is 20.1. The van der Waals surface area contributed by atoms with E-state index in [0.29, 0.717) is 17.0 Å². The monoisotopic (exact) mass is 393 g/mol. The zero-order chi connectivity index (χ0) is 21.0. The fourth-order valence-corrected chi connectivity index (χ4v) is 3.23. The van der Waals surface area contributed by atoms with Gasteiger partial charge in [0.1, 0.15) is 11.3 Å². The molecular formula is C22H23N3O4. The fourth-order valence-electron chi connectivity index (χ4n) is 3.23. The minimum Gasteiger partial charge on any atom is -0.496 e. The van der Waals surface area contributed by atoms with Crippen molar-refractivity contribution in [2.24, 2.45) is 0 Å². The van der Waals surface area contributed by atoms with E-state index < -0.39 is 17.8 Å². The highest BCUT2D eigenvalue weighted by Crippen LogP contribution is 2.29. The zero-order valence-corrected chi connectivity index (χ0v) is 16.6. The van der Waals surface area contributed by atoms with Gasteiger partial charge in [0, 0.05) is 30.4 Å². The molecule has 1 N–H and O–H groups in total. The van der Waals surface area contributed by atoms with Crippen molar-refractivity contribution in [3.8, 4) is 5.75 Å². The van der Waals surface area contributed by atoms with Gasteiger partial charge in [0.25, 0.3) is 11.8 Å². The van der Waals surface area contributed by atoms with Crippen molar-refractivity contribution >= 4 is 35.3 Å². The number of carbonyl (C=O) groups excluding carboxylic acids is 3. The Labute approximate surface area is 169 Å². The Kier molecular flexibility index (Phi) is 5.97. The van der Waals surface area contributed by atoms with Crippen LogP contribution in [0.4, 0.5) is 16.2 Å². The molecule has 1 aliphatic heterocycles. The quantitative estimate of drug-likeness (QED) is 0.602. The van der Waals surface area contributed by atoms with Gasteiger partial charge in [-0.05, 0) is 44.2 Å². The minimum absolute atomic E-state index is 0.137. The van der Waals surface area contributed by atoms with Crippen LogP contribution >= 0.6 is 0 Å². The number of carbonyl (C=O) groups is 3. The number of hydrogen-bond acceptors (Lipinski definition) is 5. The smallest absolute Gasteiger partial charge is 0.335 e. The second kappa shape index (κ2) is 8.60. The van der Waals surface area contributed by atoms with Crippen molar-refractivity contribution in [1.82, 2.24) is 5.32 Å². The molecule has 0 bridgehead atoms. The van der Waals surface area contributed by atoms with E-state index in [1.54, 1.807) is 36.4 Å². The number of hydrogen-bond donors (Lipinski definition) is 1. The first-order valence-corrected chi connectivity index (χ1v) is 9.39. The van der Waals surface area contributed by atoms with Crippen molar-refractivity contribution in [2.75, 3.05) is 30.0 Å². The Balaban J connectivity index is 2.01. The Morgan fingerprint density at radius 1 is 1.03 bits per heavy atom. The minimum atomic E-state index is -0.771. The number of para-hydroxylation sites is 1. The molecule has 2 aromatic rings. The van der Waals surface area contributed by atoms with Gasteiger partial charge in [-0.25, -0.2) is 9.69 Å². The predicted molar refractivity (Wildman–Crippen MR) is 112 cm³/mol. The summed E-state index contributed by atoms with van der Waals surface area (Å²) in [5.41, 5.74) is 1.80. The van der Waals surface area contributed by atoms with Gasteiger partial charge in [-0.1, -0.05) is 18.2 Å². The van der Waals surface area contributed by atoms with Gasteiger partial charge in [-0.3, -0.25) is 14.9 Å².